The van der Waals surface area contributed by atoms with Crippen molar-refractivity contribution in [2.24, 2.45) is 17.8 Å². The minimum absolute atomic E-state index is 0.00420. The summed E-state index contributed by atoms with van der Waals surface area (Å²) in [4.78, 5) is 26.6. The van der Waals surface area contributed by atoms with Gasteiger partial charge in [0.1, 0.15) is 17.5 Å². The van der Waals surface area contributed by atoms with Crippen molar-refractivity contribution in [1.29, 1.82) is 0 Å². The molecule has 0 amide bonds. The molecule has 0 spiro atoms. The van der Waals surface area contributed by atoms with E-state index in [-0.39, 0.29) is 18.1 Å². The second kappa shape index (κ2) is 11.3. The summed E-state index contributed by atoms with van der Waals surface area (Å²) in [5.74, 6) is 2.39. The van der Waals surface area contributed by atoms with E-state index in [4.69, 9.17) is 30.8 Å². The molecule has 208 valence electrons. The van der Waals surface area contributed by atoms with E-state index >= 15 is 0 Å². The zero-order valence-corrected chi connectivity index (χ0v) is 23.4. The van der Waals surface area contributed by atoms with Crippen LogP contribution in [0.25, 0.3) is 22.9 Å². The van der Waals surface area contributed by atoms with Gasteiger partial charge < -0.3 is 15.0 Å². The van der Waals surface area contributed by atoms with Crippen LogP contribution in [0.3, 0.4) is 0 Å². The summed E-state index contributed by atoms with van der Waals surface area (Å²) >= 11 is 6.45. The maximum atomic E-state index is 11.8. The van der Waals surface area contributed by atoms with Crippen molar-refractivity contribution >= 4 is 23.1 Å². The van der Waals surface area contributed by atoms with Crippen LogP contribution in [0.2, 0.25) is 5.02 Å². The topological polar surface area (TPSA) is 109 Å². The molecule has 0 radical (unpaired) electrons. The van der Waals surface area contributed by atoms with Gasteiger partial charge in [0.2, 0.25) is 11.6 Å². The van der Waals surface area contributed by atoms with Crippen LogP contribution in [-0.4, -0.2) is 46.0 Å². The maximum absolute atomic E-state index is 11.8. The molecule has 0 bridgehead atoms. The van der Waals surface area contributed by atoms with Gasteiger partial charge in [-0.25, -0.2) is 14.8 Å². The number of methoxy groups -OCH3 is 1. The van der Waals surface area contributed by atoms with E-state index < -0.39 is 5.76 Å². The smallest absolute Gasteiger partial charge is 0.377 e. The van der Waals surface area contributed by atoms with Gasteiger partial charge in [0.15, 0.2) is 5.82 Å². The van der Waals surface area contributed by atoms with Gasteiger partial charge in [-0.1, -0.05) is 67.9 Å². The number of aromatic amines is 1. The summed E-state index contributed by atoms with van der Waals surface area (Å²) < 4.78 is 11.1. The van der Waals surface area contributed by atoms with Crippen LogP contribution in [0.5, 0.6) is 0 Å². The first kappa shape index (κ1) is 26.3. The maximum Gasteiger partial charge on any atom is 0.439 e. The number of anilines is 2. The van der Waals surface area contributed by atoms with E-state index in [2.05, 4.69) is 27.3 Å². The van der Waals surface area contributed by atoms with Gasteiger partial charge in [-0.2, -0.15) is 0 Å². The van der Waals surface area contributed by atoms with E-state index in [1.165, 1.54) is 57.8 Å². The minimum Gasteiger partial charge on any atom is -0.377 e. The number of hydrogen-bond donors (Lipinski definition) is 2. The summed E-state index contributed by atoms with van der Waals surface area (Å²) in [5.41, 5.74) is 2.58. The lowest BCUT2D eigenvalue weighted by molar-refractivity contribution is 0.0222. The second-order valence-electron chi connectivity index (χ2n) is 11.5. The van der Waals surface area contributed by atoms with Crippen LogP contribution in [-0.2, 0) is 4.74 Å². The fourth-order valence-corrected chi connectivity index (χ4v) is 6.94. The van der Waals surface area contributed by atoms with Crippen LogP contribution < -0.4 is 16.0 Å². The quantitative estimate of drug-likeness (QED) is 0.361. The van der Waals surface area contributed by atoms with E-state index in [1.54, 1.807) is 0 Å². The lowest BCUT2D eigenvalue weighted by atomic mass is 9.82. The van der Waals surface area contributed by atoms with Crippen LogP contribution in [0.1, 0.15) is 64.7 Å². The van der Waals surface area contributed by atoms with Gasteiger partial charge in [0.25, 0.3) is 0 Å². The molecule has 3 heterocycles. The SMILES string of the molecule is COC(C1CCCCC1)C1Nc2nc(-c3noc(=O)[nH]3)nc(-c3cccc(Cl)c3)c2N1CC1CCC(C)CC1. The fourth-order valence-electron chi connectivity index (χ4n) is 6.75. The number of fused-ring (bicyclic) bond motifs is 1. The first-order valence-electron chi connectivity index (χ1n) is 14.3. The second-order valence-corrected chi connectivity index (χ2v) is 11.9. The Kier molecular flexibility index (Phi) is 7.62. The van der Waals surface area contributed by atoms with Crippen LogP contribution in [0, 0.1) is 17.8 Å². The van der Waals surface area contributed by atoms with E-state index in [0.29, 0.717) is 28.5 Å². The third-order valence-electron chi connectivity index (χ3n) is 8.83. The molecular formula is C29H37ClN6O3. The standard InChI is InChI=1S/C29H37ClN6O3/c1-17-11-13-18(14-12-17)16-36-23-22(20-9-6-10-21(30)15-20)31-26(27-34-29(37)39-35-27)32-25(23)33-28(36)24(38-2)19-7-4-3-5-8-19/h6,9-10,15,17-19,24,28H,3-5,7-8,11-14,16H2,1-2H3,(H,31,32,33)(H,34,35,37). The molecule has 1 aromatic carbocycles. The molecule has 2 N–H and O–H groups in total. The zero-order valence-electron chi connectivity index (χ0n) is 22.7. The third-order valence-corrected chi connectivity index (χ3v) is 9.06. The summed E-state index contributed by atoms with van der Waals surface area (Å²) in [5, 5.41) is 8.23. The molecule has 3 aromatic rings. The van der Waals surface area contributed by atoms with Gasteiger partial charge in [0, 0.05) is 24.2 Å². The Morgan fingerprint density at radius 1 is 1.13 bits per heavy atom. The average molecular weight is 553 g/mol. The highest BCUT2D eigenvalue weighted by Gasteiger charge is 2.43. The van der Waals surface area contributed by atoms with Gasteiger partial charge in [-0.05, 0) is 55.6 Å². The molecule has 2 unspecified atom stereocenters. The van der Waals surface area contributed by atoms with E-state index in [1.807, 2.05) is 31.4 Å². The normalized spacial score (nSPS) is 24.4. The molecule has 3 aliphatic rings. The highest BCUT2D eigenvalue weighted by Crippen LogP contribution is 2.46. The molecule has 2 atom stereocenters. The molecule has 6 rings (SSSR count). The highest BCUT2D eigenvalue weighted by molar-refractivity contribution is 6.30. The van der Waals surface area contributed by atoms with Crippen molar-refractivity contribution in [3.05, 3.63) is 39.8 Å². The predicted octanol–water partition coefficient (Wildman–Crippen LogP) is 6.12. The Balaban J connectivity index is 1.47. The van der Waals surface area contributed by atoms with Crippen molar-refractivity contribution in [3.63, 3.8) is 0 Å². The monoisotopic (exact) mass is 552 g/mol. The number of benzene rings is 1. The van der Waals surface area contributed by atoms with E-state index in [0.717, 1.165) is 29.4 Å². The van der Waals surface area contributed by atoms with Gasteiger partial charge >= 0.3 is 5.76 Å². The predicted molar refractivity (Wildman–Crippen MR) is 152 cm³/mol. The number of rotatable bonds is 7. The molecule has 1 aliphatic heterocycles. The van der Waals surface area contributed by atoms with Crippen molar-refractivity contribution in [2.75, 3.05) is 23.9 Å². The third kappa shape index (κ3) is 5.43. The van der Waals surface area contributed by atoms with Crippen LogP contribution in [0.4, 0.5) is 11.5 Å². The number of aromatic nitrogens is 4. The molecule has 9 nitrogen and oxygen atoms in total. The number of H-pyrrole nitrogens is 1. The molecule has 2 saturated carbocycles. The molecule has 0 saturated heterocycles. The Hall–Kier alpha value is -2.91. The van der Waals surface area contributed by atoms with Gasteiger partial charge in [0.05, 0.1) is 6.10 Å². The number of halogens is 1. The minimum atomic E-state index is -0.644. The molecular weight excluding hydrogens is 516 g/mol. The number of hydrogen-bond acceptors (Lipinski definition) is 8. The average Bonchev–Trinajstić information content (AvgIpc) is 3.54. The molecule has 2 fully saturated rings. The van der Waals surface area contributed by atoms with Crippen molar-refractivity contribution in [1.82, 2.24) is 20.1 Å². The summed E-state index contributed by atoms with van der Waals surface area (Å²) in [6.07, 6.45) is 11.0. The highest BCUT2D eigenvalue weighted by atomic mass is 35.5. The fraction of sp³-hybridized carbons (Fsp3) is 0.586. The Bertz CT molecular complexity index is 1340. The Labute approximate surface area is 233 Å². The molecule has 10 heteroatoms. The zero-order chi connectivity index (χ0) is 26.9. The van der Waals surface area contributed by atoms with Gasteiger partial charge in [-0.15, -0.1) is 0 Å². The summed E-state index contributed by atoms with van der Waals surface area (Å²) in [6.45, 7) is 3.26. The molecule has 39 heavy (non-hydrogen) atoms. The molecule has 2 aromatic heterocycles. The Morgan fingerprint density at radius 3 is 2.62 bits per heavy atom. The number of nitrogens with one attached hydrogen (secondary N) is 2. The lowest BCUT2D eigenvalue weighted by Crippen LogP contribution is -2.51. The van der Waals surface area contributed by atoms with Crippen molar-refractivity contribution < 1.29 is 9.26 Å². The van der Waals surface area contributed by atoms with Crippen molar-refractivity contribution in [3.8, 4) is 22.9 Å². The Morgan fingerprint density at radius 2 is 1.92 bits per heavy atom. The van der Waals surface area contributed by atoms with Crippen LogP contribution in [0.15, 0.2) is 33.6 Å². The summed E-state index contributed by atoms with van der Waals surface area (Å²) in [7, 11) is 1.83. The van der Waals surface area contributed by atoms with Gasteiger partial charge in [-0.3, -0.25) is 9.51 Å². The summed E-state index contributed by atoms with van der Waals surface area (Å²) in [6, 6.07) is 7.71. The molecule has 2 aliphatic carbocycles. The largest absolute Gasteiger partial charge is 0.439 e. The number of nitrogens with zero attached hydrogens (tertiary/aromatic N) is 4. The number of ether oxygens (including phenoxy) is 1. The first-order chi connectivity index (χ1) is 19.0. The lowest BCUT2D eigenvalue weighted by Gasteiger charge is -2.40. The van der Waals surface area contributed by atoms with Crippen molar-refractivity contribution in [2.45, 2.75) is 77.0 Å². The van der Waals surface area contributed by atoms with E-state index in [9.17, 15) is 4.79 Å². The van der Waals surface area contributed by atoms with Crippen LogP contribution >= 0.6 is 11.6 Å². The first-order valence-corrected chi connectivity index (χ1v) is 14.7.